The molecule has 0 radical (unpaired) electrons. The number of pyridine rings is 1. The molecule has 4 nitrogen and oxygen atoms in total. The van der Waals surface area contributed by atoms with Crippen molar-refractivity contribution < 1.29 is 4.79 Å². The van der Waals surface area contributed by atoms with Crippen molar-refractivity contribution in [1.29, 1.82) is 0 Å². The molecule has 4 rings (SSSR count). The van der Waals surface area contributed by atoms with Crippen LogP contribution in [0.1, 0.15) is 28.8 Å². The van der Waals surface area contributed by atoms with Crippen LogP contribution in [-0.4, -0.2) is 35.4 Å². The lowest BCUT2D eigenvalue weighted by Gasteiger charge is -2.23. The van der Waals surface area contributed by atoms with Crippen molar-refractivity contribution in [2.45, 2.75) is 19.4 Å². The second-order valence-electron chi connectivity index (χ2n) is 6.11. The summed E-state index contributed by atoms with van der Waals surface area (Å²) in [6.45, 7) is 3.36. The zero-order chi connectivity index (χ0) is 14.9. The molecule has 1 aliphatic heterocycles. The molecular formula is C17H19N3OS. The Balaban J connectivity index is 1.60. The number of hydrogen-bond acceptors (Lipinski definition) is 4. The maximum absolute atomic E-state index is 12.7. The molecule has 2 aromatic rings. The fourth-order valence-electron chi connectivity index (χ4n) is 3.00. The summed E-state index contributed by atoms with van der Waals surface area (Å²) in [7, 11) is 0. The summed E-state index contributed by atoms with van der Waals surface area (Å²) in [6, 6.07) is 5.97. The van der Waals surface area contributed by atoms with Crippen molar-refractivity contribution in [3.8, 4) is 0 Å². The molecule has 0 saturated heterocycles. The van der Waals surface area contributed by atoms with Gasteiger partial charge < -0.3 is 9.80 Å². The van der Waals surface area contributed by atoms with Gasteiger partial charge in [-0.05, 0) is 36.3 Å². The quantitative estimate of drug-likeness (QED) is 0.874. The Bertz CT molecular complexity index is 666. The third-order valence-corrected chi connectivity index (χ3v) is 5.08. The van der Waals surface area contributed by atoms with Gasteiger partial charge in [-0.25, -0.2) is 4.98 Å². The molecular weight excluding hydrogens is 294 g/mol. The summed E-state index contributed by atoms with van der Waals surface area (Å²) in [4.78, 5) is 21.6. The van der Waals surface area contributed by atoms with Crippen LogP contribution in [0.2, 0.25) is 0 Å². The van der Waals surface area contributed by atoms with Crippen LogP contribution in [0, 0.1) is 5.92 Å². The van der Waals surface area contributed by atoms with Crippen molar-refractivity contribution in [2.75, 3.05) is 24.5 Å². The van der Waals surface area contributed by atoms with E-state index in [1.165, 1.54) is 12.8 Å². The zero-order valence-corrected chi connectivity index (χ0v) is 13.3. The van der Waals surface area contributed by atoms with Crippen LogP contribution in [0.4, 0.5) is 5.82 Å². The molecule has 0 N–H and O–H groups in total. The molecule has 2 aliphatic rings. The maximum Gasteiger partial charge on any atom is 0.255 e. The number of hydrogen-bond donors (Lipinski definition) is 0. The van der Waals surface area contributed by atoms with Crippen molar-refractivity contribution in [3.63, 3.8) is 0 Å². The van der Waals surface area contributed by atoms with Crippen LogP contribution in [0.5, 0.6) is 0 Å². The minimum absolute atomic E-state index is 0.129. The first-order valence-electron chi connectivity index (χ1n) is 7.81. The summed E-state index contributed by atoms with van der Waals surface area (Å²) in [6.07, 6.45) is 4.52. The van der Waals surface area contributed by atoms with Crippen LogP contribution in [0.25, 0.3) is 0 Å². The topological polar surface area (TPSA) is 36.4 Å². The first-order chi connectivity index (χ1) is 10.8. The van der Waals surface area contributed by atoms with E-state index in [0.29, 0.717) is 6.54 Å². The molecule has 22 heavy (non-hydrogen) atoms. The Labute approximate surface area is 134 Å². The van der Waals surface area contributed by atoms with E-state index in [-0.39, 0.29) is 5.91 Å². The molecule has 0 unspecified atom stereocenters. The Morgan fingerprint density at radius 2 is 2.23 bits per heavy atom. The molecule has 0 bridgehead atoms. The van der Waals surface area contributed by atoms with Crippen LogP contribution < -0.4 is 4.90 Å². The average Bonchev–Trinajstić information content (AvgIpc) is 3.24. The molecule has 114 valence electrons. The highest BCUT2D eigenvalue weighted by Crippen LogP contribution is 2.33. The van der Waals surface area contributed by atoms with Crippen molar-refractivity contribution in [2.24, 2.45) is 5.92 Å². The van der Waals surface area contributed by atoms with Crippen LogP contribution in [0.15, 0.2) is 35.2 Å². The zero-order valence-electron chi connectivity index (χ0n) is 12.4. The fraction of sp³-hybridized carbons (Fsp3) is 0.412. The lowest BCUT2D eigenvalue weighted by molar-refractivity contribution is 0.0752. The van der Waals surface area contributed by atoms with Crippen LogP contribution in [0.3, 0.4) is 0 Å². The van der Waals surface area contributed by atoms with Gasteiger partial charge >= 0.3 is 0 Å². The van der Waals surface area contributed by atoms with Gasteiger partial charge in [0.1, 0.15) is 5.82 Å². The monoisotopic (exact) mass is 313 g/mol. The molecule has 0 aromatic carbocycles. The highest BCUT2D eigenvalue weighted by molar-refractivity contribution is 7.08. The van der Waals surface area contributed by atoms with E-state index in [1.54, 1.807) is 11.3 Å². The van der Waals surface area contributed by atoms with Gasteiger partial charge in [0.25, 0.3) is 5.91 Å². The van der Waals surface area contributed by atoms with E-state index < -0.39 is 0 Å². The maximum atomic E-state index is 12.7. The minimum atomic E-state index is 0.129. The summed E-state index contributed by atoms with van der Waals surface area (Å²) < 4.78 is 0. The largest absolute Gasteiger partial charge is 0.354 e. The third kappa shape index (κ3) is 2.73. The first-order valence-corrected chi connectivity index (χ1v) is 8.76. The van der Waals surface area contributed by atoms with Gasteiger partial charge in [0.2, 0.25) is 0 Å². The predicted octanol–water partition coefficient (Wildman–Crippen LogP) is 3.02. The summed E-state index contributed by atoms with van der Waals surface area (Å²) in [5.41, 5.74) is 1.95. The number of fused-ring (bicyclic) bond motifs is 1. The van der Waals surface area contributed by atoms with Gasteiger partial charge in [0, 0.05) is 43.3 Å². The average molecular weight is 313 g/mol. The van der Waals surface area contributed by atoms with Gasteiger partial charge in [-0.2, -0.15) is 11.3 Å². The number of carbonyl (C=O) groups excluding carboxylic acids is 1. The number of anilines is 1. The Hall–Kier alpha value is -1.88. The normalized spacial score (nSPS) is 18.0. The summed E-state index contributed by atoms with van der Waals surface area (Å²) in [5.74, 6) is 2.01. The number of carbonyl (C=O) groups is 1. The molecule has 0 spiro atoms. The van der Waals surface area contributed by atoms with E-state index in [4.69, 9.17) is 0 Å². The molecule has 1 saturated carbocycles. The number of aromatic nitrogens is 1. The molecule has 1 aliphatic carbocycles. The first kappa shape index (κ1) is 13.8. The molecule has 5 heteroatoms. The van der Waals surface area contributed by atoms with Gasteiger partial charge in [0.05, 0.1) is 5.56 Å². The van der Waals surface area contributed by atoms with E-state index in [2.05, 4.69) is 16.0 Å². The van der Waals surface area contributed by atoms with E-state index in [0.717, 1.165) is 42.5 Å². The molecule has 1 fully saturated rings. The highest BCUT2D eigenvalue weighted by Gasteiger charge is 2.29. The lowest BCUT2D eigenvalue weighted by atomic mass is 10.2. The third-order valence-electron chi connectivity index (χ3n) is 4.40. The smallest absolute Gasteiger partial charge is 0.255 e. The number of rotatable bonds is 3. The van der Waals surface area contributed by atoms with Crippen molar-refractivity contribution >= 4 is 23.1 Å². The Morgan fingerprint density at radius 1 is 1.32 bits per heavy atom. The standard InChI is InChI=1S/C17H19N3OS/c21-17(15-5-9-22-12-15)20-8-7-19(10-13-3-4-13)16-14(11-20)2-1-6-18-16/h1-2,5-6,9,12-13H,3-4,7-8,10-11H2. The Kier molecular flexibility index (Phi) is 3.58. The van der Waals surface area contributed by atoms with Gasteiger partial charge in [0.15, 0.2) is 0 Å². The van der Waals surface area contributed by atoms with E-state index >= 15 is 0 Å². The number of amides is 1. The highest BCUT2D eigenvalue weighted by atomic mass is 32.1. The summed E-state index contributed by atoms with van der Waals surface area (Å²) in [5, 5.41) is 3.89. The number of nitrogens with zero attached hydrogens (tertiary/aromatic N) is 3. The second kappa shape index (κ2) is 5.72. The van der Waals surface area contributed by atoms with Gasteiger partial charge in [-0.3, -0.25) is 4.79 Å². The minimum Gasteiger partial charge on any atom is -0.354 e. The van der Waals surface area contributed by atoms with Crippen molar-refractivity contribution in [3.05, 3.63) is 46.3 Å². The van der Waals surface area contributed by atoms with E-state index in [1.807, 2.05) is 34.0 Å². The second-order valence-corrected chi connectivity index (χ2v) is 6.89. The summed E-state index contributed by atoms with van der Waals surface area (Å²) >= 11 is 1.57. The number of thiophene rings is 1. The van der Waals surface area contributed by atoms with Gasteiger partial charge in [-0.1, -0.05) is 6.07 Å². The van der Waals surface area contributed by atoms with E-state index in [9.17, 15) is 4.79 Å². The molecule has 3 heterocycles. The SMILES string of the molecule is O=C(c1ccsc1)N1CCN(CC2CC2)c2ncccc2C1. The molecule has 1 amide bonds. The van der Waals surface area contributed by atoms with Gasteiger partial charge in [-0.15, -0.1) is 0 Å². The lowest BCUT2D eigenvalue weighted by Crippen LogP contribution is -2.36. The van der Waals surface area contributed by atoms with Crippen LogP contribution in [-0.2, 0) is 6.54 Å². The molecule has 0 atom stereocenters. The Morgan fingerprint density at radius 3 is 3.00 bits per heavy atom. The van der Waals surface area contributed by atoms with Crippen molar-refractivity contribution in [1.82, 2.24) is 9.88 Å². The fourth-order valence-corrected chi connectivity index (χ4v) is 3.63. The predicted molar refractivity (Wildman–Crippen MR) is 88.2 cm³/mol. The molecule has 2 aromatic heterocycles. The van der Waals surface area contributed by atoms with Crippen LogP contribution >= 0.6 is 11.3 Å².